The van der Waals surface area contributed by atoms with Gasteiger partial charge in [0.25, 0.3) is 5.91 Å². The summed E-state index contributed by atoms with van der Waals surface area (Å²) in [6, 6.07) is 15.9. The number of aryl methyl sites for hydroxylation is 1. The van der Waals surface area contributed by atoms with E-state index in [-0.39, 0.29) is 5.91 Å². The predicted octanol–water partition coefficient (Wildman–Crippen LogP) is 5.96. The average molecular weight is 434 g/mol. The normalized spacial score (nSPS) is 14.1. The van der Waals surface area contributed by atoms with Crippen molar-refractivity contribution in [1.29, 1.82) is 0 Å². The Hall–Kier alpha value is -2.54. The maximum Gasteiger partial charge on any atom is 0.256 e. The number of fused-ring (bicyclic) bond motifs is 2. The number of hydrogen-bond donors (Lipinski definition) is 1. The number of rotatable bonds is 4. The standard InChI is InChI=1S/C24H23N3OS2/c1-3-27-13-12-17-20(14-27)30-24(26-22(28)16-10-8-15(2)9-11-16)21(17)23-25-18-6-4-5-7-19(18)29-23/h4-11H,3,12-14H2,1-2H3,(H,26,28). The van der Waals surface area contributed by atoms with Crippen molar-refractivity contribution < 1.29 is 4.79 Å². The molecule has 0 aliphatic carbocycles. The third-order valence-electron chi connectivity index (χ3n) is 5.63. The maximum absolute atomic E-state index is 13.0. The molecule has 2 aromatic heterocycles. The SMILES string of the molecule is CCN1CCc2c(sc(NC(=O)c3ccc(C)cc3)c2-c2nc3ccccc3s2)C1. The van der Waals surface area contributed by atoms with Gasteiger partial charge in [0, 0.05) is 29.1 Å². The van der Waals surface area contributed by atoms with Crippen molar-refractivity contribution in [1.82, 2.24) is 9.88 Å². The van der Waals surface area contributed by atoms with Gasteiger partial charge in [-0.05, 0) is 49.7 Å². The fourth-order valence-corrected chi connectivity index (χ4v) is 6.30. The lowest BCUT2D eigenvalue weighted by Gasteiger charge is -2.25. The molecule has 3 heterocycles. The monoisotopic (exact) mass is 433 g/mol. The summed E-state index contributed by atoms with van der Waals surface area (Å²) in [5.41, 5.74) is 5.31. The van der Waals surface area contributed by atoms with Crippen molar-refractivity contribution in [3.63, 3.8) is 0 Å². The number of likely N-dealkylation sites (N-methyl/N-ethyl adjacent to an activating group) is 1. The summed E-state index contributed by atoms with van der Waals surface area (Å²) in [6.45, 7) is 7.25. The van der Waals surface area contributed by atoms with Gasteiger partial charge in [0.2, 0.25) is 0 Å². The summed E-state index contributed by atoms with van der Waals surface area (Å²) in [6.07, 6.45) is 0.991. The molecule has 1 aliphatic heterocycles. The van der Waals surface area contributed by atoms with Gasteiger partial charge in [0.15, 0.2) is 0 Å². The first-order chi connectivity index (χ1) is 14.6. The first-order valence-electron chi connectivity index (χ1n) is 10.2. The second-order valence-electron chi connectivity index (χ2n) is 7.63. The van der Waals surface area contributed by atoms with Crippen LogP contribution < -0.4 is 5.32 Å². The summed E-state index contributed by atoms with van der Waals surface area (Å²) in [5, 5.41) is 5.12. The molecule has 1 N–H and O–H groups in total. The molecule has 1 amide bonds. The molecule has 5 rings (SSSR count). The Labute approximate surface area is 184 Å². The third-order valence-corrected chi connectivity index (χ3v) is 7.82. The third kappa shape index (κ3) is 3.55. The first kappa shape index (κ1) is 19.4. The van der Waals surface area contributed by atoms with Crippen LogP contribution in [0.1, 0.15) is 33.3 Å². The minimum atomic E-state index is -0.0664. The van der Waals surface area contributed by atoms with Gasteiger partial charge in [-0.25, -0.2) is 4.98 Å². The quantitative estimate of drug-likeness (QED) is 0.432. The number of carbonyl (C=O) groups excluding carboxylic acids is 1. The number of aromatic nitrogens is 1. The molecule has 1 aliphatic rings. The number of amides is 1. The van der Waals surface area contributed by atoms with E-state index in [1.54, 1.807) is 22.7 Å². The van der Waals surface area contributed by atoms with Gasteiger partial charge in [-0.15, -0.1) is 22.7 Å². The molecule has 4 nitrogen and oxygen atoms in total. The maximum atomic E-state index is 13.0. The first-order valence-corrected chi connectivity index (χ1v) is 11.9. The molecule has 0 saturated heterocycles. The molecule has 0 atom stereocenters. The van der Waals surface area contributed by atoms with Gasteiger partial charge in [-0.1, -0.05) is 36.8 Å². The van der Waals surface area contributed by atoms with E-state index in [0.717, 1.165) is 52.7 Å². The van der Waals surface area contributed by atoms with Crippen molar-refractivity contribution >= 4 is 43.8 Å². The molecule has 6 heteroatoms. The number of nitrogens with one attached hydrogen (secondary N) is 1. The molecule has 2 aromatic carbocycles. The fourth-order valence-electron chi connectivity index (χ4n) is 3.90. The topological polar surface area (TPSA) is 45.2 Å². The molecule has 0 fully saturated rings. The van der Waals surface area contributed by atoms with Gasteiger partial charge >= 0.3 is 0 Å². The van der Waals surface area contributed by atoms with Crippen molar-refractivity contribution in [3.8, 4) is 10.6 Å². The number of carbonyl (C=O) groups is 1. The Morgan fingerprint density at radius 3 is 2.70 bits per heavy atom. The van der Waals surface area contributed by atoms with Crippen LogP contribution in [0.3, 0.4) is 0 Å². The highest BCUT2D eigenvalue weighted by molar-refractivity contribution is 7.23. The smallest absolute Gasteiger partial charge is 0.256 e. The van der Waals surface area contributed by atoms with Crippen LogP contribution in [-0.4, -0.2) is 28.9 Å². The van der Waals surface area contributed by atoms with E-state index in [1.807, 2.05) is 43.3 Å². The summed E-state index contributed by atoms with van der Waals surface area (Å²) >= 11 is 3.41. The van der Waals surface area contributed by atoms with Gasteiger partial charge in [-0.3, -0.25) is 9.69 Å². The lowest BCUT2D eigenvalue weighted by atomic mass is 10.0. The van der Waals surface area contributed by atoms with Crippen molar-refractivity contribution in [2.24, 2.45) is 0 Å². The Kier molecular flexibility index (Phi) is 5.15. The van der Waals surface area contributed by atoms with Gasteiger partial charge in [0.05, 0.1) is 10.2 Å². The van der Waals surface area contributed by atoms with Crippen molar-refractivity contribution in [2.45, 2.75) is 26.8 Å². The molecular weight excluding hydrogens is 410 g/mol. The van der Waals surface area contributed by atoms with Gasteiger partial charge < -0.3 is 5.32 Å². The Morgan fingerprint density at radius 1 is 1.13 bits per heavy atom. The van der Waals surface area contributed by atoms with Crippen LogP contribution in [0, 0.1) is 6.92 Å². The van der Waals surface area contributed by atoms with Crippen LogP contribution in [0.5, 0.6) is 0 Å². The second-order valence-corrected chi connectivity index (χ2v) is 9.77. The highest BCUT2D eigenvalue weighted by atomic mass is 32.1. The van der Waals surface area contributed by atoms with E-state index in [1.165, 1.54) is 15.1 Å². The molecule has 0 saturated carbocycles. The van der Waals surface area contributed by atoms with Crippen LogP contribution >= 0.6 is 22.7 Å². The number of benzene rings is 2. The number of thiazole rings is 1. The summed E-state index contributed by atoms with van der Waals surface area (Å²) in [7, 11) is 0. The van der Waals surface area contributed by atoms with E-state index < -0.39 is 0 Å². The van der Waals surface area contributed by atoms with E-state index in [4.69, 9.17) is 4.98 Å². The molecule has 0 unspecified atom stereocenters. The minimum absolute atomic E-state index is 0.0664. The van der Waals surface area contributed by atoms with Crippen LogP contribution in [0.4, 0.5) is 5.00 Å². The van der Waals surface area contributed by atoms with E-state index >= 15 is 0 Å². The Bertz CT molecular complexity index is 1190. The Morgan fingerprint density at radius 2 is 1.93 bits per heavy atom. The van der Waals surface area contributed by atoms with E-state index in [0.29, 0.717) is 5.56 Å². The zero-order valence-corrected chi connectivity index (χ0v) is 18.7. The molecule has 0 radical (unpaired) electrons. The van der Waals surface area contributed by atoms with Gasteiger partial charge in [-0.2, -0.15) is 0 Å². The molecule has 4 aromatic rings. The number of anilines is 1. The zero-order valence-electron chi connectivity index (χ0n) is 17.1. The highest BCUT2D eigenvalue weighted by Gasteiger charge is 2.27. The fraction of sp³-hybridized carbons (Fsp3) is 0.250. The molecular formula is C24H23N3OS2. The van der Waals surface area contributed by atoms with Crippen LogP contribution in [0.2, 0.25) is 0 Å². The van der Waals surface area contributed by atoms with Crippen molar-refractivity contribution in [2.75, 3.05) is 18.4 Å². The van der Waals surface area contributed by atoms with Crippen molar-refractivity contribution in [3.05, 3.63) is 70.1 Å². The van der Waals surface area contributed by atoms with Gasteiger partial charge in [0.1, 0.15) is 10.0 Å². The lowest BCUT2D eigenvalue weighted by molar-refractivity contribution is 0.102. The van der Waals surface area contributed by atoms with Crippen LogP contribution in [0.25, 0.3) is 20.8 Å². The average Bonchev–Trinajstić information content (AvgIpc) is 3.33. The number of thiophene rings is 1. The lowest BCUT2D eigenvalue weighted by Crippen LogP contribution is -2.29. The summed E-state index contributed by atoms with van der Waals surface area (Å²) in [4.78, 5) is 21.7. The molecule has 30 heavy (non-hydrogen) atoms. The number of hydrogen-bond acceptors (Lipinski definition) is 5. The zero-order chi connectivity index (χ0) is 20.7. The van der Waals surface area contributed by atoms with E-state index in [2.05, 4.69) is 29.3 Å². The van der Waals surface area contributed by atoms with E-state index in [9.17, 15) is 4.79 Å². The summed E-state index contributed by atoms with van der Waals surface area (Å²) < 4.78 is 1.18. The second kappa shape index (κ2) is 7.95. The predicted molar refractivity (Wildman–Crippen MR) is 127 cm³/mol. The van der Waals surface area contributed by atoms with Crippen LogP contribution in [-0.2, 0) is 13.0 Å². The number of nitrogens with zero attached hydrogens (tertiary/aromatic N) is 2. The molecule has 0 bridgehead atoms. The number of para-hydroxylation sites is 1. The largest absolute Gasteiger partial charge is 0.313 e. The molecule has 152 valence electrons. The highest BCUT2D eigenvalue weighted by Crippen LogP contribution is 2.45. The van der Waals surface area contributed by atoms with Crippen LogP contribution in [0.15, 0.2) is 48.5 Å². The Balaban J connectivity index is 1.58. The summed E-state index contributed by atoms with van der Waals surface area (Å²) in [5.74, 6) is -0.0664. The molecule has 0 spiro atoms. The minimum Gasteiger partial charge on any atom is -0.313 e.